The predicted molar refractivity (Wildman–Crippen MR) is 114 cm³/mol. The fourth-order valence-electron chi connectivity index (χ4n) is 2.55. The topological polar surface area (TPSA) is 59.9 Å². The predicted octanol–water partition coefficient (Wildman–Crippen LogP) is 4.41. The molecule has 0 aliphatic carbocycles. The zero-order valence-corrected chi connectivity index (χ0v) is 16.6. The highest BCUT2D eigenvalue weighted by Gasteiger charge is 2.03. The Hall–Kier alpha value is -3.60. The van der Waals surface area contributed by atoms with Gasteiger partial charge in [-0.1, -0.05) is 36.4 Å². The van der Waals surface area contributed by atoms with E-state index in [2.05, 4.69) is 10.5 Å². The second kappa shape index (κ2) is 10.1. The van der Waals surface area contributed by atoms with E-state index in [1.165, 1.54) is 5.56 Å². The second-order valence-electron chi connectivity index (χ2n) is 6.67. The molecule has 0 bridgehead atoms. The van der Waals surface area contributed by atoms with Crippen LogP contribution >= 0.6 is 0 Å². The van der Waals surface area contributed by atoms with Crippen LogP contribution in [-0.4, -0.2) is 18.7 Å². The number of ether oxygens (including phenoxy) is 2. The minimum atomic E-state index is -0.317. The van der Waals surface area contributed by atoms with Gasteiger partial charge in [-0.25, -0.2) is 5.43 Å². The molecule has 0 spiro atoms. The third-order valence-corrected chi connectivity index (χ3v) is 4.38. The average Bonchev–Trinajstić information content (AvgIpc) is 2.75. The van der Waals surface area contributed by atoms with Gasteiger partial charge in [0.25, 0.3) is 5.91 Å². The Kier molecular flexibility index (Phi) is 7.00. The first kappa shape index (κ1) is 20.1. The van der Waals surface area contributed by atoms with Gasteiger partial charge in [0.2, 0.25) is 0 Å². The first-order valence-electron chi connectivity index (χ1n) is 9.39. The molecule has 3 aromatic carbocycles. The molecule has 0 radical (unpaired) electrons. The molecule has 1 N–H and O–H groups in total. The number of aryl methyl sites for hydroxylation is 2. The van der Waals surface area contributed by atoms with Crippen LogP contribution in [0.4, 0.5) is 0 Å². The summed E-state index contributed by atoms with van der Waals surface area (Å²) in [5.74, 6) is 1.12. The molecule has 0 fully saturated rings. The zero-order valence-electron chi connectivity index (χ0n) is 16.6. The van der Waals surface area contributed by atoms with E-state index < -0.39 is 0 Å². The monoisotopic (exact) mass is 388 g/mol. The molecule has 29 heavy (non-hydrogen) atoms. The van der Waals surface area contributed by atoms with Crippen molar-refractivity contribution in [2.75, 3.05) is 6.61 Å². The molecule has 5 heteroatoms. The molecule has 5 nitrogen and oxygen atoms in total. The quantitative estimate of drug-likeness (QED) is 0.459. The third-order valence-electron chi connectivity index (χ3n) is 4.38. The summed E-state index contributed by atoms with van der Waals surface area (Å²) in [7, 11) is 0. The average molecular weight is 388 g/mol. The van der Waals surface area contributed by atoms with Crippen LogP contribution in [0.2, 0.25) is 0 Å². The fraction of sp³-hybridized carbons (Fsp3) is 0.167. The van der Waals surface area contributed by atoms with E-state index in [1.807, 2.05) is 86.6 Å². The number of hydrogen-bond donors (Lipinski definition) is 1. The number of carbonyl (C=O) groups is 1. The number of nitrogens with zero attached hydrogens (tertiary/aromatic N) is 1. The Bertz CT molecular complexity index is 967. The molecule has 0 saturated heterocycles. The third kappa shape index (κ3) is 6.50. The van der Waals surface area contributed by atoms with Crippen LogP contribution in [-0.2, 0) is 11.4 Å². The molecule has 3 rings (SSSR count). The number of benzene rings is 3. The van der Waals surface area contributed by atoms with Gasteiger partial charge >= 0.3 is 0 Å². The highest BCUT2D eigenvalue weighted by Crippen LogP contribution is 2.16. The van der Waals surface area contributed by atoms with E-state index in [1.54, 1.807) is 6.21 Å². The first-order valence-corrected chi connectivity index (χ1v) is 9.39. The van der Waals surface area contributed by atoms with Gasteiger partial charge in [0.05, 0.1) is 6.21 Å². The number of amides is 1. The van der Waals surface area contributed by atoms with Gasteiger partial charge in [-0.3, -0.25) is 4.79 Å². The van der Waals surface area contributed by atoms with Crippen molar-refractivity contribution in [3.05, 3.63) is 95.1 Å². The summed E-state index contributed by atoms with van der Waals surface area (Å²) in [6.07, 6.45) is 1.58. The van der Waals surface area contributed by atoms with Crippen LogP contribution in [0, 0.1) is 13.8 Å². The highest BCUT2D eigenvalue weighted by molar-refractivity contribution is 5.83. The maximum atomic E-state index is 11.9. The van der Waals surface area contributed by atoms with E-state index in [0.717, 1.165) is 22.4 Å². The second-order valence-corrected chi connectivity index (χ2v) is 6.67. The lowest BCUT2D eigenvalue weighted by Gasteiger charge is -2.07. The minimum absolute atomic E-state index is 0.0912. The van der Waals surface area contributed by atoms with Crippen LogP contribution in [0.25, 0.3) is 0 Å². The number of carbonyl (C=O) groups excluding carboxylic acids is 1. The van der Waals surface area contributed by atoms with Crippen LogP contribution in [0.1, 0.15) is 22.3 Å². The van der Waals surface area contributed by atoms with E-state index in [4.69, 9.17) is 9.47 Å². The number of hydrogen-bond acceptors (Lipinski definition) is 4. The minimum Gasteiger partial charge on any atom is -0.489 e. The summed E-state index contributed by atoms with van der Waals surface area (Å²) in [6, 6.07) is 23.2. The molecule has 0 aliphatic rings. The Labute approximate surface area is 171 Å². The van der Waals surface area contributed by atoms with Crippen molar-refractivity contribution in [3.8, 4) is 11.5 Å². The normalized spacial score (nSPS) is 10.7. The molecule has 0 atom stereocenters. The molecule has 1 amide bonds. The van der Waals surface area contributed by atoms with Crippen LogP contribution in [0.3, 0.4) is 0 Å². The van der Waals surface area contributed by atoms with Gasteiger partial charge in [-0.2, -0.15) is 5.10 Å². The molecule has 0 aliphatic heterocycles. The summed E-state index contributed by atoms with van der Waals surface area (Å²) >= 11 is 0. The van der Waals surface area contributed by atoms with Gasteiger partial charge in [-0.05, 0) is 72.5 Å². The van der Waals surface area contributed by atoms with Crippen molar-refractivity contribution < 1.29 is 14.3 Å². The van der Waals surface area contributed by atoms with E-state index in [-0.39, 0.29) is 12.5 Å². The van der Waals surface area contributed by atoms with Gasteiger partial charge in [-0.15, -0.1) is 0 Å². The summed E-state index contributed by atoms with van der Waals surface area (Å²) in [6.45, 7) is 4.46. The Morgan fingerprint density at radius 1 is 0.897 bits per heavy atom. The molecule has 0 saturated carbocycles. The maximum Gasteiger partial charge on any atom is 0.277 e. The van der Waals surface area contributed by atoms with Crippen molar-refractivity contribution in [2.24, 2.45) is 5.10 Å². The van der Waals surface area contributed by atoms with E-state index >= 15 is 0 Å². The number of nitrogens with one attached hydrogen (secondary N) is 1. The fourth-order valence-corrected chi connectivity index (χ4v) is 2.55. The zero-order chi connectivity index (χ0) is 20.5. The molecule has 0 heterocycles. The van der Waals surface area contributed by atoms with Crippen LogP contribution in [0.15, 0.2) is 77.9 Å². The molecule has 148 valence electrons. The summed E-state index contributed by atoms with van der Waals surface area (Å²) in [4.78, 5) is 11.9. The van der Waals surface area contributed by atoms with Crippen LogP contribution in [0.5, 0.6) is 11.5 Å². The Morgan fingerprint density at radius 3 is 2.34 bits per heavy atom. The van der Waals surface area contributed by atoms with Gasteiger partial charge in [0.1, 0.15) is 18.1 Å². The van der Waals surface area contributed by atoms with Crippen molar-refractivity contribution in [1.29, 1.82) is 0 Å². The molecular weight excluding hydrogens is 364 g/mol. The van der Waals surface area contributed by atoms with Crippen molar-refractivity contribution in [1.82, 2.24) is 5.43 Å². The highest BCUT2D eigenvalue weighted by atomic mass is 16.5. The van der Waals surface area contributed by atoms with Crippen molar-refractivity contribution in [2.45, 2.75) is 20.5 Å². The molecular formula is C24H24N2O3. The SMILES string of the molecule is Cc1ccc(OCC(=O)NN=Cc2ccc(OCc3ccccc3)cc2)cc1C. The van der Waals surface area contributed by atoms with Crippen molar-refractivity contribution >= 4 is 12.1 Å². The molecule has 3 aromatic rings. The summed E-state index contributed by atoms with van der Waals surface area (Å²) in [5, 5.41) is 3.96. The van der Waals surface area contributed by atoms with Crippen LogP contribution < -0.4 is 14.9 Å². The lowest BCUT2D eigenvalue weighted by Crippen LogP contribution is -2.24. The standard InChI is InChI=1S/C24H24N2O3/c1-18-8-11-23(14-19(18)2)29-17-24(27)26-25-15-20-9-12-22(13-10-20)28-16-21-6-4-3-5-7-21/h3-15H,16-17H2,1-2H3,(H,26,27). The molecule has 0 aromatic heterocycles. The lowest BCUT2D eigenvalue weighted by atomic mass is 10.1. The first-order chi connectivity index (χ1) is 14.1. The maximum absolute atomic E-state index is 11.9. The Balaban J connectivity index is 1.42. The summed E-state index contributed by atoms with van der Waals surface area (Å²) < 4.78 is 11.2. The van der Waals surface area contributed by atoms with Gasteiger partial charge in [0.15, 0.2) is 6.61 Å². The van der Waals surface area contributed by atoms with Gasteiger partial charge < -0.3 is 9.47 Å². The summed E-state index contributed by atoms with van der Waals surface area (Å²) in [5.41, 5.74) is 6.74. The lowest BCUT2D eigenvalue weighted by molar-refractivity contribution is -0.123. The number of hydrazone groups is 1. The van der Waals surface area contributed by atoms with E-state index in [0.29, 0.717) is 12.4 Å². The number of rotatable bonds is 8. The van der Waals surface area contributed by atoms with Crippen molar-refractivity contribution in [3.63, 3.8) is 0 Å². The largest absolute Gasteiger partial charge is 0.489 e. The van der Waals surface area contributed by atoms with Gasteiger partial charge in [0, 0.05) is 0 Å². The van der Waals surface area contributed by atoms with E-state index in [9.17, 15) is 4.79 Å². The smallest absolute Gasteiger partial charge is 0.277 e. The Morgan fingerprint density at radius 2 is 1.62 bits per heavy atom. The molecule has 0 unspecified atom stereocenters.